The summed E-state index contributed by atoms with van der Waals surface area (Å²) in [5, 5.41) is 3.42. The molecule has 7 nitrogen and oxygen atoms in total. The second-order valence-electron chi connectivity index (χ2n) is 11.6. The molecule has 0 saturated carbocycles. The third kappa shape index (κ3) is 8.57. The smallest absolute Gasteiger partial charge is 0.264 e. The number of benzene rings is 3. The van der Waals surface area contributed by atoms with Crippen LogP contribution in [0.5, 0.6) is 0 Å². The molecule has 1 atom stereocenters. The van der Waals surface area contributed by atoms with E-state index in [1.807, 2.05) is 45.9 Å². The molecule has 1 N–H and O–H groups in total. The molecule has 0 heterocycles. The molecule has 0 radical (unpaired) electrons. The number of aryl methyl sites for hydroxylation is 1. The molecule has 3 aromatic carbocycles. The van der Waals surface area contributed by atoms with Crippen molar-refractivity contribution in [3.05, 3.63) is 94.5 Å². The summed E-state index contributed by atoms with van der Waals surface area (Å²) in [4.78, 5) is 28.7. The maximum atomic E-state index is 14.0. The van der Waals surface area contributed by atoms with Crippen molar-refractivity contribution in [1.29, 1.82) is 0 Å². The van der Waals surface area contributed by atoms with Crippen LogP contribution >= 0.6 is 11.6 Å². The van der Waals surface area contributed by atoms with Crippen LogP contribution in [0, 0.1) is 6.92 Å². The molecule has 220 valence electrons. The van der Waals surface area contributed by atoms with Gasteiger partial charge in [0.15, 0.2) is 0 Å². The van der Waals surface area contributed by atoms with Crippen molar-refractivity contribution in [1.82, 2.24) is 10.2 Å². The van der Waals surface area contributed by atoms with E-state index >= 15 is 0 Å². The van der Waals surface area contributed by atoms with Crippen LogP contribution < -0.4 is 9.62 Å². The van der Waals surface area contributed by atoms with Crippen molar-refractivity contribution >= 4 is 39.1 Å². The highest BCUT2D eigenvalue weighted by atomic mass is 35.5. The molecular formula is C32H40ClN3O4S. The molecule has 0 aliphatic carbocycles. The Labute approximate surface area is 249 Å². The third-order valence-electron chi connectivity index (χ3n) is 6.64. The van der Waals surface area contributed by atoms with Crippen LogP contribution in [0.25, 0.3) is 0 Å². The van der Waals surface area contributed by atoms with Crippen LogP contribution in [0.15, 0.2) is 77.7 Å². The van der Waals surface area contributed by atoms with E-state index in [1.54, 1.807) is 49.4 Å². The molecule has 0 aliphatic rings. The van der Waals surface area contributed by atoms with E-state index in [4.69, 9.17) is 11.6 Å². The van der Waals surface area contributed by atoms with Gasteiger partial charge in [0, 0.05) is 17.1 Å². The minimum absolute atomic E-state index is 0.0723. The van der Waals surface area contributed by atoms with Gasteiger partial charge in [-0.25, -0.2) is 8.42 Å². The number of carbonyl (C=O) groups excluding carboxylic acids is 2. The number of hydrogen-bond acceptors (Lipinski definition) is 4. The summed E-state index contributed by atoms with van der Waals surface area (Å²) in [5.41, 5.74) is 2.52. The average molecular weight is 598 g/mol. The quantitative estimate of drug-likeness (QED) is 0.297. The van der Waals surface area contributed by atoms with Gasteiger partial charge in [0.05, 0.1) is 10.6 Å². The maximum absolute atomic E-state index is 14.0. The van der Waals surface area contributed by atoms with Crippen LogP contribution in [0.4, 0.5) is 5.69 Å². The Morgan fingerprint density at radius 3 is 2.07 bits per heavy atom. The predicted molar refractivity (Wildman–Crippen MR) is 166 cm³/mol. The first kappa shape index (κ1) is 32.2. The highest BCUT2D eigenvalue weighted by Crippen LogP contribution is 2.27. The van der Waals surface area contributed by atoms with Gasteiger partial charge >= 0.3 is 0 Å². The van der Waals surface area contributed by atoms with Crippen molar-refractivity contribution < 1.29 is 18.0 Å². The second-order valence-corrected chi connectivity index (χ2v) is 13.9. The average Bonchev–Trinajstić information content (AvgIpc) is 2.89. The van der Waals surface area contributed by atoms with Crippen LogP contribution in [0.1, 0.15) is 64.2 Å². The van der Waals surface area contributed by atoms with Gasteiger partial charge in [-0.2, -0.15) is 0 Å². The summed E-state index contributed by atoms with van der Waals surface area (Å²) in [6, 6.07) is 19.8. The van der Waals surface area contributed by atoms with E-state index < -0.39 is 34.1 Å². The van der Waals surface area contributed by atoms with Crippen LogP contribution in [-0.2, 0) is 26.2 Å². The normalized spacial score (nSPS) is 12.6. The molecule has 3 rings (SSSR count). The predicted octanol–water partition coefficient (Wildman–Crippen LogP) is 6.30. The van der Waals surface area contributed by atoms with Crippen molar-refractivity contribution in [2.45, 2.75) is 77.4 Å². The van der Waals surface area contributed by atoms with Gasteiger partial charge in [-0.3, -0.25) is 13.9 Å². The standard InChI is InChI=1S/C32H40ClN3O4S/c1-22(2)26-13-15-28(16-14-26)36(41(39,40)29-17-11-23(3)12-18-29)21-30(37)35(20-25-9-8-10-27(33)19-25)24(4)31(38)34-32(5,6)7/h8-19,22,24H,20-21H2,1-7H3,(H,34,38). The first-order valence-corrected chi connectivity index (χ1v) is 15.5. The van der Waals surface area contributed by atoms with E-state index in [2.05, 4.69) is 19.2 Å². The summed E-state index contributed by atoms with van der Waals surface area (Å²) in [6.45, 7) is 12.8. The molecule has 0 aliphatic heterocycles. The Hall–Kier alpha value is -3.36. The molecule has 0 fully saturated rings. The Kier molecular flexibility index (Phi) is 10.3. The van der Waals surface area contributed by atoms with Crippen molar-refractivity contribution in [3.8, 4) is 0 Å². The number of sulfonamides is 1. The summed E-state index contributed by atoms with van der Waals surface area (Å²) in [6.07, 6.45) is 0. The van der Waals surface area contributed by atoms with Crippen molar-refractivity contribution in [3.63, 3.8) is 0 Å². The number of anilines is 1. The zero-order valence-corrected chi connectivity index (χ0v) is 26.4. The van der Waals surface area contributed by atoms with Gasteiger partial charge in [0.1, 0.15) is 12.6 Å². The monoisotopic (exact) mass is 597 g/mol. The lowest BCUT2D eigenvalue weighted by Gasteiger charge is -2.33. The van der Waals surface area contributed by atoms with E-state index in [9.17, 15) is 18.0 Å². The molecule has 1 unspecified atom stereocenters. The summed E-state index contributed by atoms with van der Waals surface area (Å²) in [7, 11) is -4.12. The first-order valence-electron chi connectivity index (χ1n) is 13.6. The van der Waals surface area contributed by atoms with E-state index in [0.717, 1.165) is 21.0 Å². The molecule has 0 spiro atoms. The first-order chi connectivity index (χ1) is 19.1. The number of nitrogens with one attached hydrogen (secondary N) is 1. The number of nitrogens with zero attached hydrogens (tertiary/aromatic N) is 2. The Morgan fingerprint density at radius 2 is 1.54 bits per heavy atom. The minimum atomic E-state index is -4.12. The third-order valence-corrected chi connectivity index (χ3v) is 8.67. The number of rotatable bonds is 10. The lowest BCUT2D eigenvalue weighted by Crippen LogP contribution is -2.54. The van der Waals surface area contributed by atoms with Gasteiger partial charge in [-0.05, 0) is 88.1 Å². The van der Waals surface area contributed by atoms with E-state index in [0.29, 0.717) is 10.7 Å². The van der Waals surface area contributed by atoms with Gasteiger partial charge in [0.25, 0.3) is 10.0 Å². The summed E-state index contributed by atoms with van der Waals surface area (Å²) in [5.74, 6) is -0.615. The number of carbonyl (C=O) groups is 2. The second kappa shape index (κ2) is 13.1. The molecule has 9 heteroatoms. The molecule has 0 aromatic heterocycles. The van der Waals surface area contributed by atoms with Gasteiger partial charge in [-0.15, -0.1) is 0 Å². The zero-order valence-electron chi connectivity index (χ0n) is 24.8. The molecule has 0 saturated heterocycles. The SMILES string of the molecule is Cc1ccc(S(=O)(=O)N(CC(=O)N(Cc2cccc(Cl)c2)C(C)C(=O)NC(C)(C)C)c2ccc(C(C)C)cc2)cc1. The molecule has 3 aromatic rings. The van der Waals surface area contributed by atoms with Gasteiger partial charge in [0.2, 0.25) is 11.8 Å². The molecule has 41 heavy (non-hydrogen) atoms. The Bertz CT molecular complexity index is 1460. The van der Waals surface area contributed by atoms with Gasteiger partial charge < -0.3 is 10.2 Å². The molecule has 0 bridgehead atoms. The maximum Gasteiger partial charge on any atom is 0.264 e. The zero-order chi connectivity index (χ0) is 30.5. The molecular weight excluding hydrogens is 558 g/mol. The highest BCUT2D eigenvalue weighted by molar-refractivity contribution is 7.92. The lowest BCUT2D eigenvalue weighted by molar-refractivity contribution is -0.140. The Morgan fingerprint density at radius 1 is 0.927 bits per heavy atom. The highest BCUT2D eigenvalue weighted by Gasteiger charge is 2.33. The van der Waals surface area contributed by atoms with E-state index in [-0.39, 0.29) is 23.3 Å². The van der Waals surface area contributed by atoms with Gasteiger partial charge in [-0.1, -0.05) is 67.4 Å². The molecule has 2 amide bonds. The number of hydrogen-bond donors (Lipinski definition) is 1. The lowest BCUT2D eigenvalue weighted by atomic mass is 10.0. The fraction of sp³-hybridized carbons (Fsp3) is 0.375. The van der Waals surface area contributed by atoms with Crippen LogP contribution in [-0.4, -0.2) is 43.3 Å². The van der Waals surface area contributed by atoms with Crippen LogP contribution in [0.2, 0.25) is 5.02 Å². The number of halogens is 1. The van der Waals surface area contributed by atoms with E-state index in [1.165, 1.54) is 17.0 Å². The largest absolute Gasteiger partial charge is 0.350 e. The number of amides is 2. The fourth-order valence-electron chi connectivity index (χ4n) is 4.28. The van der Waals surface area contributed by atoms with Crippen molar-refractivity contribution in [2.24, 2.45) is 0 Å². The summed E-state index contributed by atoms with van der Waals surface area (Å²) < 4.78 is 29.1. The Balaban J connectivity index is 2.06. The van der Waals surface area contributed by atoms with Crippen LogP contribution in [0.3, 0.4) is 0 Å². The van der Waals surface area contributed by atoms with Crippen molar-refractivity contribution in [2.75, 3.05) is 10.8 Å². The minimum Gasteiger partial charge on any atom is -0.350 e. The topological polar surface area (TPSA) is 86.8 Å². The summed E-state index contributed by atoms with van der Waals surface area (Å²) >= 11 is 6.20. The fourth-order valence-corrected chi connectivity index (χ4v) is 5.91.